The molecular weight excluding hydrogens is 94.0 g/mol. The van der Waals surface area contributed by atoms with Gasteiger partial charge in [0.25, 0.3) is 6.39 Å². The average molecular weight is 98.1 g/mol. The molecule has 3 nitrogen and oxygen atoms in total. The van der Waals surface area contributed by atoms with Gasteiger partial charge in [0.05, 0.1) is 6.20 Å². The smallest absolute Gasteiger partial charge is 0.283 e. The number of rotatable bonds is 1. The number of oxazole rings is 1. The Hall–Kier alpha value is -0.830. The maximum absolute atomic E-state index is 8.27. The first-order valence-corrected chi connectivity index (χ1v) is 1.85. The van der Waals surface area contributed by atoms with E-state index in [4.69, 9.17) is 5.11 Å². The predicted molar refractivity (Wildman–Crippen MR) is 21.3 cm³/mol. The van der Waals surface area contributed by atoms with Crippen molar-refractivity contribution in [2.75, 3.05) is 0 Å². The van der Waals surface area contributed by atoms with Crippen LogP contribution in [0.1, 0.15) is 5.76 Å². The molecule has 0 saturated carbocycles. The average Bonchev–Trinajstić information content (AvgIpc) is 2.14. The highest BCUT2D eigenvalue weighted by atomic mass is 16.4. The fourth-order valence-corrected chi connectivity index (χ4v) is 0.283. The zero-order chi connectivity index (χ0) is 5.11. The SMILES string of the molecule is OCc1cn[c]o1. The molecule has 1 aromatic heterocycles. The molecule has 0 fully saturated rings. The summed E-state index contributed by atoms with van der Waals surface area (Å²) in [6.45, 7) is -0.101. The normalized spacial score (nSPS) is 9.29. The number of hydrogen-bond acceptors (Lipinski definition) is 3. The van der Waals surface area contributed by atoms with Crippen molar-refractivity contribution in [3.63, 3.8) is 0 Å². The number of aliphatic hydroxyl groups is 1. The number of aromatic nitrogens is 1. The molecule has 0 bridgehead atoms. The Morgan fingerprint density at radius 2 is 2.86 bits per heavy atom. The van der Waals surface area contributed by atoms with Crippen LogP contribution in [0.2, 0.25) is 0 Å². The molecule has 0 aliphatic rings. The third-order valence-corrected chi connectivity index (χ3v) is 0.594. The van der Waals surface area contributed by atoms with Gasteiger partial charge >= 0.3 is 0 Å². The molecule has 7 heavy (non-hydrogen) atoms. The maximum Gasteiger partial charge on any atom is 0.283 e. The summed E-state index contributed by atoms with van der Waals surface area (Å²) in [5.74, 6) is 0.444. The van der Waals surface area contributed by atoms with Crippen LogP contribution >= 0.6 is 0 Å². The minimum Gasteiger partial charge on any atom is -0.435 e. The molecule has 1 rings (SSSR count). The summed E-state index contributed by atoms with van der Waals surface area (Å²) in [6.07, 6.45) is 3.61. The molecule has 0 spiro atoms. The van der Waals surface area contributed by atoms with E-state index in [9.17, 15) is 0 Å². The Labute approximate surface area is 40.6 Å². The highest BCUT2D eigenvalue weighted by molar-refractivity contribution is 4.83. The largest absolute Gasteiger partial charge is 0.435 e. The van der Waals surface area contributed by atoms with Gasteiger partial charge in [0, 0.05) is 0 Å². The first-order valence-electron chi connectivity index (χ1n) is 1.85. The first-order chi connectivity index (χ1) is 3.43. The summed E-state index contributed by atoms with van der Waals surface area (Å²) >= 11 is 0. The molecule has 1 radical (unpaired) electrons. The van der Waals surface area contributed by atoms with Crippen molar-refractivity contribution in [3.05, 3.63) is 18.4 Å². The molecule has 3 heteroatoms. The molecule has 0 saturated heterocycles. The van der Waals surface area contributed by atoms with Crippen LogP contribution in [0.5, 0.6) is 0 Å². The van der Waals surface area contributed by atoms with E-state index in [0.717, 1.165) is 0 Å². The van der Waals surface area contributed by atoms with Crippen molar-refractivity contribution in [1.82, 2.24) is 4.98 Å². The molecule has 0 aliphatic carbocycles. The highest BCUT2D eigenvalue weighted by Crippen LogP contribution is 1.91. The Balaban J connectivity index is 2.76. The van der Waals surface area contributed by atoms with Crippen LogP contribution in [0.25, 0.3) is 0 Å². The van der Waals surface area contributed by atoms with Crippen LogP contribution < -0.4 is 0 Å². The van der Waals surface area contributed by atoms with E-state index in [-0.39, 0.29) is 6.61 Å². The molecule has 0 atom stereocenters. The summed E-state index contributed by atoms with van der Waals surface area (Å²) < 4.78 is 4.50. The van der Waals surface area contributed by atoms with Gasteiger partial charge in [-0.25, -0.2) is 4.98 Å². The molecular formula is C4H4NO2. The minimum atomic E-state index is -0.101. The van der Waals surface area contributed by atoms with E-state index < -0.39 is 0 Å². The fraction of sp³-hybridized carbons (Fsp3) is 0.250. The van der Waals surface area contributed by atoms with E-state index in [1.165, 1.54) is 6.20 Å². The fourth-order valence-electron chi connectivity index (χ4n) is 0.283. The summed E-state index contributed by atoms with van der Waals surface area (Å²) in [7, 11) is 0. The third kappa shape index (κ3) is 0.778. The van der Waals surface area contributed by atoms with Gasteiger partial charge in [-0.15, -0.1) is 0 Å². The molecule has 0 amide bonds. The van der Waals surface area contributed by atoms with Crippen molar-refractivity contribution >= 4 is 0 Å². The topological polar surface area (TPSA) is 46.3 Å². The van der Waals surface area contributed by atoms with E-state index in [1.807, 2.05) is 0 Å². The standard InChI is InChI=1S/C4H4NO2/c6-2-4-1-5-3-7-4/h1,6H,2H2. The molecule has 1 aromatic rings. The van der Waals surface area contributed by atoms with Crippen molar-refractivity contribution < 1.29 is 9.52 Å². The Morgan fingerprint density at radius 3 is 3.14 bits per heavy atom. The van der Waals surface area contributed by atoms with Crippen LogP contribution in [0.4, 0.5) is 0 Å². The van der Waals surface area contributed by atoms with E-state index >= 15 is 0 Å². The van der Waals surface area contributed by atoms with Crippen LogP contribution in [0, 0.1) is 6.39 Å². The lowest BCUT2D eigenvalue weighted by molar-refractivity contribution is 0.246. The second kappa shape index (κ2) is 1.75. The van der Waals surface area contributed by atoms with Gasteiger partial charge in [0.2, 0.25) is 0 Å². The minimum absolute atomic E-state index is 0.101. The molecule has 0 aromatic carbocycles. The van der Waals surface area contributed by atoms with E-state index in [0.29, 0.717) is 5.76 Å². The zero-order valence-corrected chi connectivity index (χ0v) is 3.59. The second-order valence-corrected chi connectivity index (χ2v) is 1.08. The van der Waals surface area contributed by atoms with Crippen LogP contribution in [0.3, 0.4) is 0 Å². The van der Waals surface area contributed by atoms with Crippen molar-refractivity contribution in [1.29, 1.82) is 0 Å². The van der Waals surface area contributed by atoms with Crippen molar-refractivity contribution in [2.45, 2.75) is 6.61 Å². The van der Waals surface area contributed by atoms with Gasteiger partial charge in [-0.1, -0.05) is 0 Å². The zero-order valence-electron chi connectivity index (χ0n) is 3.59. The Kier molecular flexibility index (Phi) is 1.08. The molecule has 0 unspecified atom stereocenters. The molecule has 1 N–H and O–H groups in total. The Morgan fingerprint density at radius 1 is 2.00 bits per heavy atom. The van der Waals surface area contributed by atoms with Crippen LogP contribution in [-0.2, 0) is 6.61 Å². The molecule has 0 aliphatic heterocycles. The summed E-state index contributed by atoms with van der Waals surface area (Å²) in [6, 6.07) is 0. The molecule has 1 heterocycles. The Bertz CT molecular complexity index is 124. The second-order valence-electron chi connectivity index (χ2n) is 1.08. The summed E-state index contributed by atoms with van der Waals surface area (Å²) in [5, 5.41) is 8.27. The van der Waals surface area contributed by atoms with Crippen LogP contribution in [-0.4, -0.2) is 10.1 Å². The lowest BCUT2D eigenvalue weighted by Gasteiger charge is -1.76. The van der Waals surface area contributed by atoms with Gasteiger partial charge in [0.15, 0.2) is 5.76 Å². The van der Waals surface area contributed by atoms with Gasteiger partial charge in [-0.05, 0) is 0 Å². The number of hydrogen-bond donors (Lipinski definition) is 1. The van der Waals surface area contributed by atoms with E-state index in [2.05, 4.69) is 15.8 Å². The first kappa shape index (κ1) is 4.33. The lowest BCUT2D eigenvalue weighted by atomic mass is 10.6. The van der Waals surface area contributed by atoms with Crippen LogP contribution in [0.15, 0.2) is 10.6 Å². The number of aliphatic hydroxyl groups excluding tert-OH is 1. The lowest BCUT2D eigenvalue weighted by Crippen LogP contribution is -1.72. The highest BCUT2D eigenvalue weighted by Gasteiger charge is 1.88. The van der Waals surface area contributed by atoms with Gasteiger partial charge in [-0.3, -0.25) is 0 Å². The number of nitrogens with zero attached hydrogens (tertiary/aromatic N) is 1. The summed E-state index contributed by atoms with van der Waals surface area (Å²) in [5.41, 5.74) is 0. The van der Waals surface area contributed by atoms with Crippen molar-refractivity contribution in [2.24, 2.45) is 0 Å². The quantitative estimate of drug-likeness (QED) is 0.536. The predicted octanol–water partition coefficient (Wildman–Crippen LogP) is -0.0329. The van der Waals surface area contributed by atoms with E-state index in [1.54, 1.807) is 0 Å². The van der Waals surface area contributed by atoms with Gasteiger partial charge in [-0.2, -0.15) is 0 Å². The van der Waals surface area contributed by atoms with Gasteiger partial charge in [0.1, 0.15) is 6.61 Å². The van der Waals surface area contributed by atoms with Crippen molar-refractivity contribution in [3.8, 4) is 0 Å². The maximum atomic E-state index is 8.27. The third-order valence-electron chi connectivity index (χ3n) is 0.594. The monoisotopic (exact) mass is 98.0 g/mol. The summed E-state index contributed by atoms with van der Waals surface area (Å²) in [4.78, 5) is 3.44. The molecule has 37 valence electrons. The van der Waals surface area contributed by atoms with Gasteiger partial charge < -0.3 is 9.52 Å².